The van der Waals surface area contributed by atoms with Crippen molar-refractivity contribution in [2.45, 2.75) is 57.4 Å². The number of hydrogen-bond acceptors (Lipinski definition) is 3. The summed E-state index contributed by atoms with van der Waals surface area (Å²) in [6.07, 6.45) is 6.39. The van der Waals surface area contributed by atoms with Gasteiger partial charge < -0.3 is 9.88 Å². The van der Waals surface area contributed by atoms with E-state index in [1.165, 1.54) is 18.6 Å². The SMILES string of the molecule is Cc1cc(C(=O)NCC2(c3ccc(F)cc3)CC2)c2nc3n(c2n1)CCCCC3. The van der Waals surface area contributed by atoms with Crippen molar-refractivity contribution in [1.82, 2.24) is 19.9 Å². The largest absolute Gasteiger partial charge is 0.351 e. The van der Waals surface area contributed by atoms with E-state index in [0.29, 0.717) is 17.6 Å². The minimum absolute atomic E-state index is 0.0735. The van der Waals surface area contributed by atoms with E-state index in [1.807, 2.05) is 25.1 Å². The fourth-order valence-electron chi connectivity index (χ4n) is 4.46. The maximum absolute atomic E-state index is 13.3. The van der Waals surface area contributed by atoms with Crippen molar-refractivity contribution in [3.05, 3.63) is 58.8 Å². The number of aromatic nitrogens is 3. The first-order valence-electron chi connectivity index (χ1n) is 10.5. The van der Waals surface area contributed by atoms with Gasteiger partial charge in [0.15, 0.2) is 5.65 Å². The number of hydrogen-bond donors (Lipinski definition) is 1. The maximum atomic E-state index is 13.3. The van der Waals surface area contributed by atoms with E-state index < -0.39 is 0 Å². The van der Waals surface area contributed by atoms with Gasteiger partial charge in [-0.25, -0.2) is 14.4 Å². The minimum Gasteiger partial charge on any atom is -0.351 e. The second-order valence-electron chi connectivity index (χ2n) is 8.44. The molecular weight excluding hydrogens is 367 g/mol. The van der Waals surface area contributed by atoms with Crippen LogP contribution in [0.5, 0.6) is 0 Å². The van der Waals surface area contributed by atoms with Gasteiger partial charge in [0.05, 0.1) is 5.56 Å². The van der Waals surface area contributed by atoms with Crippen molar-refractivity contribution in [3.8, 4) is 0 Å². The van der Waals surface area contributed by atoms with Gasteiger partial charge in [0.2, 0.25) is 0 Å². The number of fused-ring (bicyclic) bond motifs is 3. The number of pyridine rings is 1. The maximum Gasteiger partial charge on any atom is 0.253 e. The van der Waals surface area contributed by atoms with Crippen LogP contribution in [0.15, 0.2) is 30.3 Å². The standard InChI is InChI=1S/C23H25FN4O/c1-15-13-18(20-21(26-15)28-12-4-2-3-5-19(28)27-20)22(29)25-14-23(10-11-23)16-6-8-17(24)9-7-16/h6-9,13H,2-5,10-12,14H2,1H3,(H,25,29). The molecule has 0 saturated heterocycles. The van der Waals surface area contributed by atoms with Gasteiger partial charge in [-0.2, -0.15) is 0 Å². The van der Waals surface area contributed by atoms with E-state index in [0.717, 1.165) is 61.4 Å². The summed E-state index contributed by atoms with van der Waals surface area (Å²) in [5.41, 5.74) is 3.97. The molecule has 29 heavy (non-hydrogen) atoms. The monoisotopic (exact) mass is 392 g/mol. The Balaban J connectivity index is 1.42. The number of aryl methyl sites for hydroxylation is 3. The van der Waals surface area contributed by atoms with Crippen LogP contribution < -0.4 is 5.32 Å². The molecule has 1 N–H and O–H groups in total. The molecule has 1 fully saturated rings. The molecule has 5 nitrogen and oxygen atoms in total. The summed E-state index contributed by atoms with van der Waals surface area (Å²) in [5, 5.41) is 3.12. The Morgan fingerprint density at radius 2 is 1.97 bits per heavy atom. The molecule has 1 aliphatic carbocycles. The number of halogens is 1. The van der Waals surface area contributed by atoms with Crippen molar-refractivity contribution in [2.75, 3.05) is 6.54 Å². The Morgan fingerprint density at radius 3 is 2.72 bits per heavy atom. The van der Waals surface area contributed by atoms with Crippen LogP contribution in [0.2, 0.25) is 0 Å². The molecule has 3 heterocycles. The lowest BCUT2D eigenvalue weighted by Gasteiger charge is -2.17. The first-order chi connectivity index (χ1) is 14.1. The van der Waals surface area contributed by atoms with Crippen LogP contribution in [-0.4, -0.2) is 27.0 Å². The molecule has 1 saturated carbocycles. The zero-order valence-corrected chi connectivity index (χ0v) is 16.7. The molecule has 0 unspecified atom stereocenters. The molecule has 2 aromatic heterocycles. The number of carbonyl (C=O) groups is 1. The zero-order valence-electron chi connectivity index (χ0n) is 16.7. The van der Waals surface area contributed by atoms with Gasteiger partial charge in [-0.1, -0.05) is 18.6 Å². The highest BCUT2D eigenvalue weighted by Crippen LogP contribution is 2.47. The average molecular weight is 392 g/mol. The smallest absolute Gasteiger partial charge is 0.253 e. The number of imidazole rings is 1. The Labute approximate surface area is 169 Å². The van der Waals surface area contributed by atoms with E-state index >= 15 is 0 Å². The summed E-state index contributed by atoms with van der Waals surface area (Å²) < 4.78 is 15.4. The highest BCUT2D eigenvalue weighted by Gasteiger charge is 2.44. The number of benzene rings is 1. The van der Waals surface area contributed by atoms with E-state index in [9.17, 15) is 9.18 Å². The second-order valence-corrected chi connectivity index (χ2v) is 8.44. The number of amides is 1. The molecule has 1 aromatic carbocycles. The van der Waals surface area contributed by atoms with Crippen molar-refractivity contribution in [2.24, 2.45) is 0 Å². The highest BCUT2D eigenvalue weighted by molar-refractivity contribution is 6.04. The van der Waals surface area contributed by atoms with Crippen LogP contribution in [-0.2, 0) is 18.4 Å². The summed E-state index contributed by atoms with van der Waals surface area (Å²) in [6, 6.07) is 8.48. The van der Waals surface area contributed by atoms with E-state index in [-0.39, 0.29) is 17.1 Å². The van der Waals surface area contributed by atoms with Crippen LogP contribution in [0.1, 0.15) is 59.5 Å². The number of nitrogens with zero attached hydrogens (tertiary/aromatic N) is 3. The van der Waals surface area contributed by atoms with Crippen molar-refractivity contribution in [1.29, 1.82) is 0 Å². The van der Waals surface area contributed by atoms with Crippen LogP contribution in [0.25, 0.3) is 11.2 Å². The van der Waals surface area contributed by atoms with E-state index in [1.54, 1.807) is 0 Å². The Morgan fingerprint density at radius 1 is 1.17 bits per heavy atom. The first-order valence-corrected chi connectivity index (χ1v) is 10.5. The lowest BCUT2D eigenvalue weighted by Crippen LogP contribution is -2.32. The topological polar surface area (TPSA) is 59.8 Å². The molecule has 0 bridgehead atoms. The van der Waals surface area contributed by atoms with Gasteiger partial charge in [-0.05, 0) is 56.4 Å². The third kappa shape index (κ3) is 3.30. The van der Waals surface area contributed by atoms with Gasteiger partial charge in [0, 0.05) is 30.6 Å². The highest BCUT2D eigenvalue weighted by atomic mass is 19.1. The molecule has 2 aliphatic rings. The predicted molar refractivity (Wildman–Crippen MR) is 109 cm³/mol. The molecule has 1 aliphatic heterocycles. The summed E-state index contributed by atoms with van der Waals surface area (Å²) in [7, 11) is 0. The van der Waals surface area contributed by atoms with Gasteiger partial charge in [0.1, 0.15) is 17.2 Å². The predicted octanol–water partition coefficient (Wildman–Crippen LogP) is 4.07. The van der Waals surface area contributed by atoms with Crippen molar-refractivity contribution < 1.29 is 9.18 Å². The van der Waals surface area contributed by atoms with E-state index in [2.05, 4.69) is 9.88 Å². The van der Waals surface area contributed by atoms with Crippen molar-refractivity contribution >= 4 is 17.1 Å². The average Bonchev–Trinajstić information content (AvgIpc) is 3.47. The summed E-state index contributed by atoms with van der Waals surface area (Å²) in [4.78, 5) is 22.6. The molecular formula is C23H25FN4O. The van der Waals surface area contributed by atoms with Crippen LogP contribution in [0, 0.1) is 12.7 Å². The molecule has 1 amide bonds. The number of carbonyl (C=O) groups excluding carboxylic acids is 1. The fraction of sp³-hybridized carbons (Fsp3) is 0.435. The van der Waals surface area contributed by atoms with Gasteiger partial charge in [-0.15, -0.1) is 0 Å². The van der Waals surface area contributed by atoms with Gasteiger partial charge >= 0.3 is 0 Å². The lowest BCUT2D eigenvalue weighted by molar-refractivity contribution is 0.0951. The molecule has 6 heteroatoms. The third-order valence-corrected chi connectivity index (χ3v) is 6.33. The van der Waals surface area contributed by atoms with Crippen molar-refractivity contribution in [3.63, 3.8) is 0 Å². The molecule has 0 atom stereocenters. The van der Waals surface area contributed by atoms with Crippen LogP contribution in [0.3, 0.4) is 0 Å². The molecule has 150 valence electrons. The number of nitrogens with one attached hydrogen (secondary N) is 1. The third-order valence-electron chi connectivity index (χ3n) is 6.33. The first kappa shape index (κ1) is 18.3. The molecule has 0 spiro atoms. The zero-order chi connectivity index (χ0) is 20.0. The Kier molecular flexibility index (Phi) is 4.37. The summed E-state index contributed by atoms with van der Waals surface area (Å²) in [5.74, 6) is 0.694. The fourth-order valence-corrected chi connectivity index (χ4v) is 4.46. The summed E-state index contributed by atoms with van der Waals surface area (Å²) in [6.45, 7) is 3.39. The van der Waals surface area contributed by atoms with Gasteiger partial charge in [0.25, 0.3) is 5.91 Å². The van der Waals surface area contributed by atoms with Crippen LogP contribution >= 0.6 is 0 Å². The van der Waals surface area contributed by atoms with E-state index in [4.69, 9.17) is 9.97 Å². The quantitative estimate of drug-likeness (QED) is 0.728. The molecule has 3 aromatic rings. The Hall–Kier alpha value is -2.76. The normalized spacial score (nSPS) is 17.6. The summed E-state index contributed by atoms with van der Waals surface area (Å²) >= 11 is 0. The molecule has 5 rings (SSSR count). The minimum atomic E-state index is -0.234. The lowest BCUT2D eigenvalue weighted by atomic mass is 9.96. The number of rotatable bonds is 4. The van der Waals surface area contributed by atoms with Gasteiger partial charge in [-0.3, -0.25) is 4.79 Å². The Bertz CT molecular complexity index is 1080. The second kappa shape index (κ2) is 6.94. The van der Waals surface area contributed by atoms with Crippen LogP contribution in [0.4, 0.5) is 4.39 Å². The molecule has 0 radical (unpaired) electrons.